The molecular formula is C16H15FN2O2. The Morgan fingerprint density at radius 1 is 1.29 bits per heavy atom. The number of fused-ring (bicyclic) bond motifs is 1. The Hall–Kier alpha value is -2.56. The molecule has 1 heterocycles. The predicted octanol–water partition coefficient (Wildman–Crippen LogP) is 3.05. The van der Waals surface area contributed by atoms with Crippen LogP contribution in [0.2, 0.25) is 0 Å². The fourth-order valence-corrected chi connectivity index (χ4v) is 2.39. The first-order valence-electron chi connectivity index (χ1n) is 6.69. The van der Waals surface area contributed by atoms with Crippen molar-refractivity contribution >= 4 is 17.3 Å². The van der Waals surface area contributed by atoms with E-state index in [1.807, 2.05) is 18.2 Å². The largest absolute Gasteiger partial charge is 0.494 e. The fraction of sp³-hybridized carbons (Fsp3) is 0.188. The minimum Gasteiger partial charge on any atom is -0.494 e. The highest BCUT2D eigenvalue weighted by Gasteiger charge is 2.13. The van der Waals surface area contributed by atoms with E-state index in [-0.39, 0.29) is 17.2 Å². The van der Waals surface area contributed by atoms with Gasteiger partial charge in [-0.2, -0.15) is 0 Å². The predicted molar refractivity (Wildman–Crippen MR) is 79.5 cm³/mol. The van der Waals surface area contributed by atoms with Gasteiger partial charge in [0.05, 0.1) is 7.11 Å². The molecule has 0 unspecified atom stereocenters. The maximum Gasteiger partial charge on any atom is 0.255 e. The van der Waals surface area contributed by atoms with Crippen LogP contribution < -0.4 is 15.4 Å². The van der Waals surface area contributed by atoms with Gasteiger partial charge in [-0.3, -0.25) is 4.79 Å². The number of methoxy groups -OCH3 is 1. The lowest BCUT2D eigenvalue weighted by Crippen LogP contribution is -2.12. The minimum atomic E-state index is -0.552. The summed E-state index contributed by atoms with van der Waals surface area (Å²) >= 11 is 0. The number of rotatable bonds is 3. The van der Waals surface area contributed by atoms with E-state index in [1.54, 1.807) is 0 Å². The first-order valence-corrected chi connectivity index (χ1v) is 6.69. The van der Waals surface area contributed by atoms with Gasteiger partial charge in [0.25, 0.3) is 5.91 Å². The SMILES string of the molecule is COc1ccc(C(=O)Nc2ccc3c(c2)CCN3)cc1F. The van der Waals surface area contributed by atoms with Crippen LogP contribution in [0.4, 0.5) is 15.8 Å². The Labute approximate surface area is 121 Å². The molecule has 0 aliphatic carbocycles. The van der Waals surface area contributed by atoms with Crippen molar-refractivity contribution in [3.8, 4) is 5.75 Å². The van der Waals surface area contributed by atoms with Crippen LogP contribution in [0.3, 0.4) is 0 Å². The molecule has 108 valence electrons. The van der Waals surface area contributed by atoms with Gasteiger partial charge in [-0.05, 0) is 48.4 Å². The molecule has 1 aliphatic rings. The van der Waals surface area contributed by atoms with E-state index in [2.05, 4.69) is 10.6 Å². The summed E-state index contributed by atoms with van der Waals surface area (Å²) in [6.45, 7) is 0.913. The van der Waals surface area contributed by atoms with E-state index in [1.165, 1.54) is 30.9 Å². The number of hydrogen-bond acceptors (Lipinski definition) is 3. The molecule has 1 aliphatic heterocycles. The monoisotopic (exact) mass is 286 g/mol. The lowest BCUT2D eigenvalue weighted by atomic mass is 10.1. The third-order valence-corrected chi connectivity index (χ3v) is 3.49. The van der Waals surface area contributed by atoms with Crippen molar-refractivity contribution in [2.75, 3.05) is 24.3 Å². The summed E-state index contributed by atoms with van der Waals surface area (Å²) in [7, 11) is 1.39. The van der Waals surface area contributed by atoms with Crippen molar-refractivity contribution in [2.45, 2.75) is 6.42 Å². The van der Waals surface area contributed by atoms with E-state index in [9.17, 15) is 9.18 Å². The quantitative estimate of drug-likeness (QED) is 0.911. The molecule has 0 radical (unpaired) electrons. The van der Waals surface area contributed by atoms with Crippen molar-refractivity contribution in [3.05, 3.63) is 53.3 Å². The third kappa shape index (κ3) is 2.67. The van der Waals surface area contributed by atoms with Crippen LogP contribution >= 0.6 is 0 Å². The second kappa shape index (κ2) is 5.44. The summed E-state index contributed by atoms with van der Waals surface area (Å²) in [6, 6.07) is 9.85. The molecule has 0 aromatic heterocycles. The highest BCUT2D eigenvalue weighted by molar-refractivity contribution is 6.04. The van der Waals surface area contributed by atoms with Crippen LogP contribution in [-0.4, -0.2) is 19.6 Å². The van der Waals surface area contributed by atoms with Crippen LogP contribution in [0.15, 0.2) is 36.4 Å². The fourth-order valence-electron chi connectivity index (χ4n) is 2.39. The highest BCUT2D eigenvalue weighted by atomic mass is 19.1. The van der Waals surface area contributed by atoms with Crippen LogP contribution in [0, 0.1) is 5.82 Å². The molecule has 0 saturated carbocycles. The maximum atomic E-state index is 13.6. The first-order chi connectivity index (χ1) is 10.2. The van der Waals surface area contributed by atoms with Crippen LogP contribution in [0.25, 0.3) is 0 Å². The molecule has 0 fully saturated rings. The molecule has 4 nitrogen and oxygen atoms in total. The van der Waals surface area contributed by atoms with E-state index in [0.717, 1.165) is 18.7 Å². The Morgan fingerprint density at radius 3 is 2.90 bits per heavy atom. The van der Waals surface area contributed by atoms with E-state index in [4.69, 9.17) is 4.74 Å². The summed E-state index contributed by atoms with van der Waals surface area (Å²) in [5.74, 6) is -0.777. The van der Waals surface area contributed by atoms with Crippen LogP contribution in [0.5, 0.6) is 5.75 Å². The average Bonchev–Trinajstić information content (AvgIpc) is 2.94. The molecule has 0 atom stereocenters. The zero-order valence-corrected chi connectivity index (χ0v) is 11.6. The maximum absolute atomic E-state index is 13.6. The third-order valence-electron chi connectivity index (χ3n) is 3.49. The number of ether oxygens (including phenoxy) is 1. The Kier molecular flexibility index (Phi) is 3.48. The molecule has 2 aromatic rings. The smallest absolute Gasteiger partial charge is 0.255 e. The molecule has 3 rings (SSSR count). The second-order valence-electron chi connectivity index (χ2n) is 4.85. The lowest BCUT2D eigenvalue weighted by molar-refractivity contribution is 0.102. The topological polar surface area (TPSA) is 50.4 Å². The van der Waals surface area contributed by atoms with Crippen molar-refractivity contribution in [3.63, 3.8) is 0 Å². The molecule has 2 aromatic carbocycles. The summed E-state index contributed by atoms with van der Waals surface area (Å²) in [5.41, 5.74) is 3.24. The normalized spacial score (nSPS) is 12.5. The number of anilines is 2. The Morgan fingerprint density at radius 2 is 2.14 bits per heavy atom. The number of carbonyl (C=O) groups excluding carboxylic acids is 1. The number of benzene rings is 2. The second-order valence-corrected chi connectivity index (χ2v) is 4.85. The van der Waals surface area contributed by atoms with Crippen LogP contribution in [-0.2, 0) is 6.42 Å². The molecule has 5 heteroatoms. The standard InChI is InChI=1S/C16H15FN2O2/c1-21-15-5-2-11(9-13(15)17)16(20)19-12-3-4-14-10(8-12)6-7-18-14/h2-5,8-9,18H,6-7H2,1H3,(H,19,20). The molecular weight excluding hydrogens is 271 g/mol. The Balaban J connectivity index is 1.78. The van der Waals surface area contributed by atoms with Gasteiger partial charge in [0, 0.05) is 23.5 Å². The van der Waals surface area contributed by atoms with Crippen LogP contribution in [0.1, 0.15) is 15.9 Å². The van der Waals surface area contributed by atoms with Crippen molar-refractivity contribution in [1.82, 2.24) is 0 Å². The van der Waals surface area contributed by atoms with Gasteiger partial charge >= 0.3 is 0 Å². The lowest BCUT2D eigenvalue weighted by Gasteiger charge is -2.08. The average molecular weight is 286 g/mol. The van der Waals surface area contributed by atoms with Crippen molar-refractivity contribution in [2.24, 2.45) is 0 Å². The molecule has 0 saturated heterocycles. The van der Waals surface area contributed by atoms with Crippen molar-refractivity contribution < 1.29 is 13.9 Å². The minimum absolute atomic E-state index is 0.121. The number of amides is 1. The number of halogens is 1. The summed E-state index contributed by atoms with van der Waals surface area (Å²) < 4.78 is 18.5. The van der Waals surface area contributed by atoms with Gasteiger partial charge in [0.2, 0.25) is 0 Å². The molecule has 21 heavy (non-hydrogen) atoms. The Bertz CT molecular complexity index is 701. The van der Waals surface area contributed by atoms with E-state index in [0.29, 0.717) is 5.69 Å². The summed E-state index contributed by atoms with van der Waals surface area (Å²) in [6.07, 6.45) is 0.941. The van der Waals surface area contributed by atoms with Gasteiger partial charge in [-0.15, -0.1) is 0 Å². The number of nitrogens with one attached hydrogen (secondary N) is 2. The molecule has 2 N–H and O–H groups in total. The first kappa shape index (κ1) is 13.4. The van der Waals surface area contributed by atoms with Crippen molar-refractivity contribution in [1.29, 1.82) is 0 Å². The molecule has 0 bridgehead atoms. The molecule has 1 amide bonds. The summed E-state index contributed by atoms with van der Waals surface area (Å²) in [5, 5.41) is 6.03. The number of carbonyl (C=O) groups is 1. The zero-order chi connectivity index (χ0) is 14.8. The molecule has 0 spiro atoms. The van der Waals surface area contributed by atoms with Gasteiger partial charge in [0.1, 0.15) is 0 Å². The highest BCUT2D eigenvalue weighted by Crippen LogP contribution is 2.26. The van der Waals surface area contributed by atoms with Gasteiger partial charge < -0.3 is 15.4 Å². The van der Waals surface area contributed by atoms with Gasteiger partial charge in [0.15, 0.2) is 11.6 Å². The zero-order valence-electron chi connectivity index (χ0n) is 11.6. The van der Waals surface area contributed by atoms with E-state index < -0.39 is 5.82 Å². The summed E-state index contributed by atoms with van der Waals surface area (Å²) in [4.78, 5) is 12.1. The van der Waals surface area contributed by atoms with Gasteiger partial charge in [-0.1, -0.05) is 0 Å². The van der Waals surface area contributed by atoms with E-state index >= 15 is 0 Å². The van der Waals surface area contributed by atoms with Gasteiger partial charge in [-0.25, -0.2) is 4.39 Å². The number of hydrogen-bond donors (Lipinski definition) is 2.